The van der Waals surface area contributed by atoms with Gasteiger partial charge in [0.05, 0.1) is 15.5 Å². The van der Waals surface area contributed by atoms with E-state index in [2.05, 4.69) is 0 Å². The zero-order valence-electron chi connectivity index (χ0n) is 13.3. The van der Waals surface area contributed by atoms with Crippen molar-refractivity contribution in [2.75, 3.05) is 0 Å². The van der Waals surface area contributed by atoms with Gasteiger partial charge in [0.2, 0.25) is 0 Å². The molecular formula is C19H12ClNO5. The highest BCUT2D eigenvalue weighted by atomic mass is 35.5. The van der Waals surface area contributed by atoms with Crippen LogP contribution in [0.25, 0.3) is 0 Å². The number of esters is 1. The average molecular weight is 370 g/mol. The maximum Gasteiger partial charge on any atom is 0.345 e. The van der Waals surface area contributed by atoms with Gasteiger partial charge in [0.25, 0.3) is 5.69 Å². The zero-order valence-corrected chi connectivity index (χ0v) is 14.1. The number of rotatable bonds is 5. The molecule has 0 fully saturated rings. The van der Waals surface area contributed by atoms with Crippen LogP contribution in [0.15, 0.2) is 72.8 Å². The smallest absolute Gasteiger partial charge is 0.345 e. The number of ether oxygens (including phenoxy) is 2. The number of para-hydroxylation sites is 1. The van der Waals surface area contributed by atoms with Crippen molar-refractivity contribution < 1.29 is 19.2 Å². The fourth-order valence-corrected chi connectivity index (χ4v) is 2.42. The highest BCUT2D eigenvalue weighted by Crippen LogP contribution is 2.27. The van der Waals surface area contributed by atoms with Crippen LogP contribution in [0.1, 0.15) is 10.4 Å². The number of carbonyl (C=O) groups is 1. The Morgan fingerprint density at radius 1 is 0.885 bits per heavy atom. The Hall–Kier alpha value is -3.38. The Bertz CT molecular complexity index is 959. The molecule has 0 unspecified atom stereocenters. The number of nitro benzene ring substituents is 1. The highest BCUT2D eigenvalue weighted by molar-refractivity contribution is 6.33. The first-order chi connectivity index (χ1) is 12.5. The third kappa shape index (κ3) is 4.17. The molecule has 0 saturated carbocycles. The molecule has 0 amide bonds. The fraction of sp³-hybridized carbons (Fsp3) is 0. The lowest BCUT2D eigenvalue weighted by Crippen LogP contribution is -2.09. The lowest BCUT2D eigenvalue weighted by atomic mass is 10.2. The van der Waals surface area contributed by atoms with E-state index in [-0.39, 0.29) is 22.0 Å². The van der Waals surface area contributed by atoms with E-state index in [9.17, 15) is 14.9 Å². The number of nitrogens with zero attached hydrogens (tertiary/aromatic N) is 1. The number of carbonyl (C=O) groups excluding carboxylic acids is 1. The highest BCUT2D eigenvalue weighted by Gasteiger charge is 2.17. The van der Waals surface area contributed by atoms with Crippen molar-refractivity contribution in [1.29, 1.82) is 0 Å². The predicted molar refractivity (Wildman–Crippen MR) is 96.0 cm³/mol. The van der Waals surface area contributed by atoms with Crippen molar-refractivity contribution >= 4 is 23.3 Å². The summed E-state index contributed by atoms with van der Waals surface area (Å²) in [5, 5.41) is 10.7. The SMILES string of the molecule is O=C(Oc1cccc(Oc2ccccc2)c1)c1ccc([N+](=O)[O-])cc1Cl. The van der Waals surface area contributed by atoms with Gasteiger partial charge in [-0.15, -0.1) is 0 Å². The molecule has 3 aromatic carbocycles. The van der Waals surface area contributed by atoms with Crippen LogP contribution in [-0.2, 0) is 0 Å². The average Bonchev–Trinajstić information content (AvgIpc) is 2.62. The van der Waals surface area contributed by atoms with Gasteiger partial charge in [-0.1, -0.05) is 35.9 Å². The lowest BCUT2D eigenvalue weighted by Gasteiger charge is -2.09. The Balaban J connectivity index is 1.75. The molecule has 0 N–H and O–H groups in total. The predicted octanol–water partition coefficient (Wildman–Crippen LogP) is 5.26. The monoisotopic (exact) mass is 369 g/mol. The van der Waals surface area contributed by atoms with E-state index in [0.717, 1.165) is 6.07 Å². The summed E-state index contributed by atoms with van der Waals surface area (Å²) in [7, 11) is 0. The fourth-order valence-electron chi connectivity index (χ4n) is 2.17. The lowest BCUT2D eigenvalue weighted by molar-refractivity contribution is -0.384. The Kier molecular flexibility index (Phi) is 5.15. The maximum absolute atomic E-state index is 12.3. The van der Waals surface area contributed by atoms with Crippen molar-refractivity contribution in [3.8, 4) is 17.2 Å². The van der Waals surface area contributed by atoms with Crippen molar-refractivity contribution in [2.24, 2.45) is 0 Å². The van der Waals surface area contributed by atoms with E-state index >= 15 is 0 Å². The third-order valence-corrected chi connectivity index (χ3v) is 3.69. The van der Waals surface area contributed by atoms with Crippen molar-refractivity contribution in [1.82, 2.24) is 0 Å². The van der Waals surface area contributed by atoms with Gasteiger partial charge in [-0.05, 0) is 30.3 Å². The normalized spacial score (nSPS) is 10.2. The molecule has 6 nitrogen and oxygen atoms in total. The molecule has 0 heterocycles. The Morgan fingerprint density at radius 2 is 1.58 bits per heavy atom. The van der Waals surface area contributed by atoms with Gasteiger partial charge in [-0.2, -0.15) is 0 Å². The van der Waals surface area contributed by atoms with Gasteiger partial charge in [-0.25, -0.2) is 4.79 Å². The molecule has 0 aliphatic carbocycles. The molecule has 0 aromatic heterocycles. The first-order valence-electron chi connectivity index (χ1n) is 7.52. The maximum atomic E-state index is 12.3. The summed E-state index contributed by atoms with van der Waals surface area (Å²) < 4.78 is 11.0. The largest absolute Gasteiger partial charge is 0.457 e. The van der Waals surface area contributed by atoms with Gasteiger partial charge in [0.15, 0.2) is 0 Å². The summed E-state index contributed by atoms with van der Waals surface area (Å²) >= 11 is 5.94. The van der Waals surface area contributed by atoms with Crippen LogP contribution in [-0.4, -0.2) is 10.9 Å². The van der Waals surface area contributed by atoms with Gasteiger partial charge >= 0.3 is 5.97 Å². The van der Waals surface area contributed by atoms with Crippen LogP contribution >= 0.6 is 11.6 Å². The van der Waals surface area contributed by atoms with E-state index in [1.807, 2.05) is 18.2 Å². The van der Waals surface area contributed by atoms with Gasteiger partial charge in [0, 0.05) is 18.2 Å². The summed E-state index contributed by atoms with van der Waals surface area (Å²) in [6, 6.07) is 19.3. The minimum atomic E-state index is -0.721. The molecule has 0 spiro atoms. The van der Waals surface area contributed by atoms with Crippen molar-refractivity contribution in [3.63, 3.8) is 0 Å². The number of benzene rings is 3. The summed E-state index contributed by atoms with van der Waals surface area (Å²) in [5.41, 5.74) is -0.170. The first kappa shape index (κ1) is 17.4. The van der Waals surface area contributed by atoms with Crippen LogP contribution in [0.4, 0.5) is 5.69 Å². The van der Waals surface area contributed by atoms with Crippen LogP contribution < -0.4 is 9.47 Å². The topological polar surface area (TPSA) is 78.7 Å². The molecule has 0 atom stereocenters. The molecule has 0 saturated heterocycles. The molecule has 0 bridgehead atoms. The van der Waals surface area contributed by atoms with E-state index < -0.39 is 10.9 Å². The van der Waals surface area contributed by atoms with E-state index in [1.54, 1.807) is 36.4 Å². The number of hydrogen-bond donors (Lipinski definition) is 0. The Labute approximate surface area is 153 Å². The molecular weight excluding hydrogens is 358 g/mol. The van der Waals surface area contributed by atoms with Crippen molar-refractivity contribution in [2.45, 2.75) is 0 Å². The molecule has 0 radical (unpaired) electrons. The van der Waals surface area contributed by atoms with Gasteiger partial charge in [-0.3, -0.25) is 10.1 Å². The quantitative estimate of drug-likeness (QED) is 0.265. The molecule has 7 heteroatoms. The minimum Gasteiger partial charge on any atom is -0.457 e. The summed E-state index contributed by atoms with van der Waals surface area (Å²) in [6.07, 6.45) is 0. The molecule has 0 aliphatic rings. The summed E-state index contributed by atoms with van der Waals surface area (Å²) in [4.78, 5) is 22.4. The van der Waals surface area contributed by atoms with Crippen LogP contribution in [0.5, 0.6) is 17.2 Å². The van der Waals surface area contributed by atoms with E-state index in [0.29, 0.717) is 11.5 Å². The third-order valence-electron chi connectivity index (χ3n) is 3.38. The number of halogens is 1. The number of nitro groups is 1. The standard InChI is InChI=1S/C19H12ClNO5/c20-18-11-13(21(23)24)9-10-17(18)19(22)26-16-8-4-7-15(12-16)25-14-5-2-1-3-6-14/h1-12H. The number of non-ortho nitro benzene ring substituents is 1. The van der Waals surface area contributed by atoms with Crippen LogP contribution in [0, 0.1) is 10.1 Å². The molecule has 3 rings (SSSR count). The minimum absolute atomic E-state index is 0.0339. The van der Waals surface area contributed by atoms with E-state index in [1.165, 1.54) is 12.1 Å². The van der Waals surface area contributed by atoms with Crippen LogP contribution in [0.3, 0.4) is 0 Å². The van der Waals surface area contributed by atoms with Gasteiger partial charge < -0.3 is 9.47 Å². The summed E-state index contributed by atoms with van der Waals surface area (Å²) in [6.45, 7) is 0. The van der Waals surface area contributed by atoms with Crippen molar-refractivity contribution in [3.05, 3.63) is 93.5 Å². The second-order valence-electron chi connectivity index (χ2n) is 5.20. The summed E-state index contributed by atoms with van der Waals surface area (Å²) in [5.74, 6) is 0.685. The first-order valence-corrected chi connectivity index (χ1v) is 7.90. The zero-order chi connectivity index (χ0) is 18.5. The molecule has 130 valence electrons. The number of hydrogen-bond acceptors (Lipinski definition) is 5. The van der Waals surface area contributed by atoms with Crippen LogP contribution in [0.2, 0.25) is 5.02 Å². The molecule has 26 heavy (non-hydrogen) atoms. The Morgan fingerprint density at radius 3 is 2.27 bits per heavy atom. The van der Waals surface area contributed by atoms with Gasteiger partial charge in [0.1, 0.15) is 17.2 Å². The van der Waals surface area contributed by atoms with E-state index in [4.69, 9.17) is 21.1 Å². The second kappa shape index (κ2) is 7.67. The molecule has 0 aliphatic heterocycles. The molecule has 3 aromatic rings. The second-order valence-corrected chi connectivity index (χ2v) is 5.61.